The third-order valence-electron chi connectivity index (χ3n) is 2.38. The molecule has 8 heteroatoms. The molecule has 0 spiro atoms. The highest BCUT2D eigenvalue weighted by Crippen LogP contribution is 2.23. The number of thiazole rings is 1. The number of carboxylic acid groups (broad SMARTS) is 1. The lowest BCUT2D eigenvalue weighted by Gasteiger charge is -2.08. The van der Waals surface area contributed by atoms with Crippen LogP contribution in [0.15, 0.2) is 29.9 Å². The number of carboxylic acids is 1. The van der Waals surface area contributed by atoms with Gasteiger partial charge in [0.25, 0.3) is 5.69 Å². The summed E-state index contributed by atoms with van der Waals surface area (Å²) in [7, 11) is 0. The number of hydrogen-bond acceptors (Lipinski definition) is 6. The van der Waals surface area contributed by atoms with Crippen molar-refractivity contribution in [1.29, 1.82) is 0 Å². The Bertz CT molecular complexity index is 612. The van der Waals surface area contributed by atoms with Gasteiger partial charge in [-0.25, -0.2) is 4.79 Å². The molecular weight excluding hydrogens is 270 g/mol. The number of hydrogen-bond donors (Lipinski definition) is 2. The van der Waals surface area contributed by atoms with E-state index in [4.69, 9.17) is 5.11 Å². The maximum atomic E-state index is 11.0. The molecule has 0 unspecified atom stereocenters. The lowest BCUT2D eigenvalue weighted by Crippen LogP contribution is -2.06. The van der Waals surface area contributed by atoms with Gasteiger partial charge in [-0.3, -0.25) is 15.1 Å². The van der Waals surface area contributed by atoms with Crippen LogP contribution in [0.5, 0.6) is 0 Å². The lowest BCUT2D eigenvalue weighted by atomic mass is 10.1. The smallest absolute Gasteiger partial charge is 0.337 e. The van der Waals surface area contributed by atoms with Crippen LogP contribution in [0.4, 0.5) is 11.4 Å². The molecule has 0 aliphatic carbocycles. The number of nitro benzene ring substituents is 1. The number of carbonyl (C=O) groups is 1. The van der Waals surface area contributed by atoms with E-state index < -0.39 is 10.9 Å². The number of nitrogens with zero attached hydrogens (tertiary/aromatic N) is 2. The van der Waals surface area contributed by atoms with E-state index in [0.29, 0.717) is 6.54 Å². The van der Waals surface area contributed by atoms with Crippen LogP contribution in [-0.2, 0) is 6.54 Å². The molecule has 0 fully saturated rings. The SMILES string of the molecule is O=C(O)c1ccc([N+](=O)[O-])cc1NCc1cncs1. The molecule has 0 bridgehead atoms. The van der Waals surface area contributed by atoms with Crippen molar-refractivity contribution in [3.8, 4) is 0 Å². The van der Waals surface area contributed by atoms with Gasteiger partial charge in [-0.05, 0) is 6.07 Å². The Morgan fingerprint density at radius 3 is 2.89 bits per heavy atom. The first-order valence-corrected chi connectivity index (χ1v) is 6.09. The number of non-ortho nitro benzene ring substituents is 1. The van der Waals surface area contributed by atoms with E-state index in [1.165, 1.54) is 29.5 Å². The van der Waals surface area contributed by atoms with E-state index in [9.17, 15) is 14.9 Å². The van der Waals surface area contributed by atoms with Crippen LogP contribution >= 0.6 is 11.3 Å². The summed E-state index contributed by atoms with van der Waals surface area (Å²) in [4.78, 5) is 26.0. The van der Waals surface area contributed by atoms with Gasteiger partial charge in [0.1, 0.15) is 0 Å². The summed E-state index contributed by atoms with van der Waals surface area (Å²) in [5, 5.41) is 22.6. The fourth-order valence-corrected chi connectivity index (χ4v) is 2.02. The molecule has 0 atom stereocenters. The Morgan fingerprint density at radius 2 is 2.32 bits per heavy atom. The number of anilines is 1. The molecule has 2 rings (SSSR count). The molecule has 98 valence electrons. The average molecular weight is 279 g/mol. The first-order valence-electron chi connectivity index (χ1n) is 5.21. The second kappa shape index (κ2) is 5.44. The molecule has 0 radical (unpaired) electrons. The number of nitro groups is 1. The summed E-state index contributed by atoms with van der Waals surface area (Å²) in [5.74, 6) is -1.14. The van der Waals surface area contributed by atoms with E-state index in [1.807, 2.05) is 0 Å². The van der Waals surface area contributed by atoms with Crippen molar-refractivity contribution in [2.75, 3.05) is 5.32 Å². The summed E-state index contributed by atoms with van der Waals surface area (Å²) >= 11 is 1.41. The van der Waals surface area contributed by atoms with E-state index >= 15 is 0 Å². The van der Waals surface area contributed by atoms with Crippen LogP contribution in [0.1, 0.15) is 15.2 Å². The lowest BCUT2D eigenvalue weighted by molar-refractivity contribution is -0.384. The van der Waals surface area contributed by atoms with Crippen molar-refractivity contribution in [3.05, 3.63) is 50.5 Å². The predicted octanol–water partition coefficient (Wildman–Crippen LogP) is 2.36. The topological polar surface area (TPSA) is 105 Å². The van der Waals surface area contributed by atoms with E-state index in [1.54, 1.807) is 11.7 Å². The molecule has 0 saturated heterocycles. The third kappa shape index (κ3) is 3.05. The van der Waals surface area contributed by atoms with Crippen LogP contribution in [-0.4, -0.2) is 21.0 Å². The van der Waals surface area contributed by atoms with Crippen LogP contribution in [0.25, 0.3) is 0 Å². The minimum atomic E-state index is -1.14. The largest absolute Gasteiger partial charge is 0.478 e. The average Bonchev–Trinajstić information content (AvgIpc) is 2.88. The molecule has 1 heterocycles. The van der Waals surface area contributed by atoms with E-state index in [-0.39, 0.29) is 16.9 Å². The highest BCUT2D eigenvalue weighted by molar-refractivity contribution is 7.09. The highest BCUT2D eigenvalue weighted by atomic mass is 32.1. The fourth-order valence-electron chi connectivity index (χ4n) is 1.49. The molecular formula is C11H9N3O4S. The summed E-state index contributed by atoms with van der Waals surface area (Å²) < 4.78 is 0. The van der Waals surface area contributed by atoms with Crippen molar-refractivity contribution < 1.29 is 14.8 Å². The zero-order chi connectivity index (χ0) is 13.8. The highest BCUT2D eigenvalue weighted by Gasteiger charge is 2.15. The molecule has 0 aliphatic heterocycles. The molecule has 0 amide bonds. The van der Waals surface area contributed by atoms with E-state index in [2.05, 4.69) is 10.3 Å². The zero-order valence-corrected chi connectivity index (χ0v) is 10.4. The van der Waals surface area contributed by atoms with Crippen molar-refractivity contribution in [2.24, 2.45) is 0 Å². The normalized spacial score (nSPS) is 10.1. The number of benzene rings is 1. The predicted molar refractivity (Wildman–Crippen MR) is 69.5 cm³/mol. The van der Waals surface area contributed by atoms with Gasteiger partial charge in [0, 0.05) is 23.2 Å². The Hall–Kier alpha value is -2.48. The number of nitrogens with one attached hydrogen (secondary N) is 1. The quantitative estimate of drug-likeness (QED) is 0.643. The Morgan fingerprint density at radius 1 is 1.53 bits per heavy atom. The molecule has 1 aromatic carbocycles. The van der Waals surface area contributed by atoms with Crippen LogP contribution < -0.4 is 5.32 Å². The molecule has 1 aromatic heterocycles. The molecule has 2 N–H and O–H groups in total. The van der Waals surface area contributed by atoms with Gasteiger partial charge in [0.15, 0.2) is 0 Å². The van der Waals surface area contributed by atoms with Crippen LogP contribution in [0, 0.1) is 10.1 Å². The second-order valence-corrected chi connectivity index (χ2v) is 4.58. The number of aromatic nitrogens is 1. The fraction of sp³-hybridized carbons (Fsp3) is 0.0909. The second-order valence-electron chi connectivity index (χ2n) is 3.61. The van der Waals surface area contributed by atoms with Crippen LogP contribution in [0.3, 0.4) is 0 Å². The third-order valence-corrected chi connectivity index (χ3v) is 3.16. The maximum absolute atomic E-state index is 11.0. The van der Waals surface area contributed by atoms with Crippen LogP contribution in [0.2, 0.25) is 0 Å². The van der Waals surface area contributed by atoms with Gasteiger partial charge < -0.3 is 10.4 Å². The first-order chi connectivity index (χ1) is 9.08. The molecule has 19 heavy (non-hydrogen) atoms. The van der Waals surface area contributed by atoms with Crippen molar-refractivity contribution in [2.45, 2.75) is 6.54 Å². The number of rotatable bonds is 5. The van der Waals surface area contributed by atoms with Gasteiger partial charge in [-0.1, -0.05) is 0 Å². The monoisotopic (exact) mass is 279 g/mol. The Kier molecular flexibility index (Phi) is 3.71. The molecule has 0 aliphatic rings. The standard InChI is InChI=1S/C11H9N3O4S/c15-11(16)9-2-1-7(14(17)18)3-10(9)13-5-8-4-12-6-19-8/h1-4,6,13H,5H2,(H,15,16). The summed E-state index contributed by atoms with van der Waals surface area (Å²) in [6.45, 7) is 0.367. The number of aromatic carboxylic acids is 1. The Labute approximate surface area is 111 Å². The van der Waals surface area contributed by atoms with Gasteiger partial charge in [-0.15, -0.1) is 11.3 Å². The van der Waals surface area contributed by atoms with Gasteiger partial charge in [0.2, 0.25) is 0 Å². The van der Waals surface area contributed by atoms with Crippen molar-refractivity contribution >= 4 is 28.7 Å². The van der Waals surface area contributed by atoms with Gasteiger partial charge >= 0.3 is 5.97 Å². The minimum absolute atomic E-state index is 0.00452. The zero-order valence-electron chi connectivity index (χ0n) is 9.57. The van der Waals surface area contributed by atoms with Gasteiger partial charge in [0.05, 0.1) is 28.2 Å². The summed E-state index contributed by atoms with van der Waals surface area (Å²) in [5.41, 5.74) is 1.71. The molecule has 0 saturated carbocycles. The van der Waals surface area contributed by atoms with Gasteiger partial charge in [-0.2, -0.15) is 0 Å². The molecule has 2 aromatic rings. The van der Waals surface area contributed by atoms with Crippen molar-refractivity contribution in [3.63, 3.8) is 0 Å². The minimum Gasteiger partial charge on any atom is -0.478 e. The molecule has 7 nitrogen and oxygen atoms in total. The van der Waals surface area contributed by atoms with Crippen molar-refractivity contribution in [1.82, 2.24) is 4.98 Å². The van der Waals surface area contributed by atoms with E-state index in [0.717, 1.165) is 4.88 Å². The Balaban J connectivity index is 2.27. The first kappa shape index (κ1) is 13.0. The maximum Gasteiger partial charge on any atom is 0.337 e. The summed E-state index contributed by atoms with van der Waals surface area (Å²) in [6, 6.07) is 3.60. The summed E-state index contributed by atoms with van der Waals surface area (Å²) in [6.07, 6.45) is 1.65.